The van der Waals surface area contributed by atoms with Crippen LogP contribution in [0.25, 0.3) is 5.65 Å². The molecule has 2 N–H and O–H groups in total. The number of nitrogens with one attached hydrogen (secondary N) is 2. The Bertz CT molecular complexity index is 929. The SMILES string of the molecule is Cc1ccn2cc(CNC(=O)Nc3cccnc3N3CCCC3)nc2c1. The van der Waals surface area contributed by atoms with Gasteiger partial charge in [-0.3, -0.25) is 0 Å². The van der Waals surface area contributed by atoms with Crippen LogP contribution >= 0.6 is 0 Å². The summed E-state index contributed by atoms with van der Waals surface area (Å²) in [5.74, 6) is 0.836. The third-order valence-corrected chi connectivity index (χ3v) is 4.54. The van der Waals surface area contributed by atoms with Gasteiger partial charge in [0.1, 0.15) is 5.65 Å². The average Bonchev–Trinajstić information content (AvgIpc) is 3.29. The minimum Gasteiger partial charge on any atom is -0.355 e. The van der Waals surface area contributed by atoms with Crippen LogP contribution < -0.4 is 15.5 Å². The van der Waals surface area contributed by atoms with Gasteiger partial charge < -0.3 is 19.9 Å². The van der Waals surface area contributed by atoms with E-state index in [2.05, 4.69) is 25.5 Å². The van der Waals surface area contributed by atoms with E-state index in [4.69, 9.17) is 0 Å². The summed E-state index contributed by atoms with van der Waals surface area (Å²) in [5, 5.41) is 5.78. The Morgan fingerprint density at radius 1 is 1.27 bits per heavy atom. The summed E-state index contributed by atoms with van der Waals surface area (Å²) in [5.41, 5.74) is 3.59. The van der Waals surface area contributed by atoms with Crippen LogP contribution in [0, 0.1) is 6.92 Å². The van der Waals surface area contributed by atoms with E-state index in [-0.39, 0.29) is 6.03 Å². The van der Waals surface area contributed by atoms with Crippen LogP contribution in [0.2, 0.25) is 0 Å². The lowest BCUT2D eigenvalue weighted by atomic mass is 10.3. The van der Waals surface area contributed by atoms with Gasteiger partial charge in [-0.25, -0.2) is 14.8 Å². The molecule has 7 heteroatoms. The molecule has 1 aliphatic heterocycles. The zero-order chi connectivity index (χ0) is 17.9. The molecule has 7 nitrogen and oxygen atoms in total. The van der Waals surface area contributed by atoms with Crippen molar-refractivity contribution < 1.29 is 4.79 Å². The van der Waals surface area contributed by atoms with Crippen LogP contribution in [-0.4, -0.2) is 33.5 Å². The van der Waals surface area contributed by atoms with Gasteiger partial charge in [-0.15, -0.1) is 0 Å². The minimum atomic E-state index is -0.258. The van der Waals surface area contributed by atoms with Gasteiger partial charge >= 0.3 is 6.03 Å². The first kappa shape index (κ1) is 16.4. The number of hydrogen-bond acceptors (Lipinski definition) is 4. The molecule has 26 heavy (non-hydrogen) atoms. The molecule has 2 amide bonds. The molecular formula is C19H22N6O. The fourth-order valence-corrected chi connectivity index (χ4v) is 3.23. The molecule has 1 saturated heterocycles. The number of aromatic nitrogens is 3. The monoisotopic (exact) mass is 350 g/mol. The molecule has 0 spiro atoms. The molecule has 0 aromatic carbocycles. The number of urea groups is 1. The number of aryl methyl sites for hydroxylation is 1. The predicted molar refractivity (Wildman–Crippen MR) is 101 cm³/mol. The van der Waals surface area contributed by atoms with Crippen molar-refractivity contribution in [2.45, 2.75) is 26.3 Å². The molecule has 0 unspecified atom stereocenters. The second kappa shape index (κ2) is 7.03. The fraction of sp³-hybridized carbons (Fsp3) is 0.316. The largest absolute Gasteiger partial charge is 0.355 e. The molecule has 4 heterocycles. The third-order valence-electron chi connectivity index (χ3n) is 4.54. The summed E-state index contributed by atoms with van der Waals surface area (Å²) in [4.78, 5) is 23.5. The second-order valence-corrected chi connectivity index (χ2v) is 6.58. The Morgan fingerprint density at radius 2 is 2.12 bits per heavy atom. The molecule has 0 radical (unpaired) electrons. The van der Waals surface area contributed by atoms with E-state index in [1.165, 1.54) is 0 Å². The van der Waals surface area contributed by atoms with Crippen molar-refractivity contribution >= 4 is 23.2 Å². The highest BCUT2D eigenvalue weighted by molar-refractivity contribution is 5.92. The second-order valence-electron chi connectivity index (χ2n) is 6.58. The number of carbonyl (C=O) groups is 1. The van der Waals surface area contributed by atoms with Gasteiger partial charge in [0, 0.05) is 31.7 Å². The number of amides is 2. The first-order valence-corrected chi connectivity index (χ1v) is 8.88. The highest BCUT2D eigenvalue weighted by Crippen LogP contribution is 2.25. The zero-order valence-corrected chi connectivity index (χ0v) is 14.8. The topological polar surface area (TPSA) is 74.6 Å². The molecular weight excluding hydrogens is 328 g/mol. The van der Waals surface area contributed by atoms with Crippen LogP contribution in [0.4, 0.5) is 16.3 Å². The summed E-state index contributed by atoms with van der Waals surface area (Å²) in [6.45, 7) is 4.36. The van der Waals surface area contributed by atoms with E-state index in [0.29, 0.717) is 6.54 Å². The Balaban J connectivity index is 1.41. The highest BCUT2D eigenvalue weighted by atomic mass is 16.2. The van der Waals surface area contributed by atoms with E-state index in [9.17, 15) is 4.79 Å². The number of nitrogens with zero attached hydrogens (tertiary/aromatic N) is 4. The Morgan fingerprint density at radius 3 is 2.96 bits per heavy atom. The van der Waals surface area contributed by atoms with E-state index in [1.807, 2.05) is 48.0 Å². The van der Waals surface area contributed by atoms with Crippen molar-refractivity contribution in [3.05, 3.63) is 54.1 Å². The average molecular weight is 350 g/mol. The maximum Gasteiger partial charge on any atom is 0.319 e. The quantitative estimate of drug-likeness (QED) is 0.759. The lowest BCUT2D eigenvalue weighted by molar-refractivity contribution is 0.251. The van der Waals surface area contributed by atoms with E-state index in [0.717, 1.165) is 54.3 Å². The molecule has 0 atom stereocenters. The molecule has 1 fully saturated rings. The molecule has 0 saturated carbocycles. The lowest BCUT2D eigenvalue weighted by Crippen LogP contribution is -2.30. The van der Waals surface area contributed by atoms with Crippen molar-refractivity contribution in [2.24, 2.45) is 0 Å². The Kier molecular flexibility index (Phi) is 4.43. The van der Waals surface area contributed by atoms with Crippen molar-refractivity contribution in [3.8, 4) is 0 Å². The summed E-state index contributed by atoms with van der Waals surface area (Å²) in [6, 6.07) is 7.50. The Hall–Kier alpha value is -3.09. The number of rotatable bonds is 4. The van der Waals surface area contributed by atoms with Crippen LogP contribution in [-0.2, 0) is 6.54 Å². The van der Waals surface area contributed by atoms with Crippen molar-refractivity contribution in [2.75, 3.05) is 23.3 Å². The third kappa shape index (κ3) is 3.46. The number of carbonyl (C=O) groups excluding carboxylic acids is 1. The number of fused-ring (bicyclic) bond motifs is 1. The minimum absolute atomic E-state index is 0.258. The molecule has 3 aromatic rings. The molecule has 134 valence electrons. The smallest absolute Gasteiger partial charge is 0.319 e. The van der Waals surface area contributed by atoms with Gasteiger partial charge in [0.25, 0.3) is 0 Å². The summed E-state index contributed by atoms with van der Waals surface area (Å²) >= 11 is 0. The lowest BCUT2D eigenvalue weighted by Gasteiger charge is -2.20. The van der Waals surface area contributed by atoms with Crippen LogP contribution in [0.3, 0.4) is 0 Å². The fourth-order valence-electron chi connectivity index (χ4n) is 3.23. The van der Waals surface area contributed by atoms with Crippen molar-refractivity contribution in [1.82, 2.24) is 19.7 Å². The number of pyridine rings is 2. The highest BCUT2D eigenvalue weighted by Gasteiger charge is 2.17. The van der Waals surface area contributed by atoms with E-state index in [1.54, 1.807) is 6.20 Å². The predicted octanol–water partition coefficient (Wildman–Crippen LogP) is 2.96. The summed E-state index contributed by atoms with van der Waals surface area (Å²) in [7, 11) is 0. The van der Waals surface area contributed by atoms with Gasteiger partial charge in [-0.05, 0) is 49.6 Å². The van der Waals surface area contributed by atoms with Crippen molar-refractivity contribution in [3.63, 3.8) is 0 Å². The maximum atomic E-state index is 12.3. The van der Waals surface area contributed by atoms with Gasteiger partial charge in [-0.2, -0.15) is 0 Å². The standard InChI is InChI=1S/C19H22N6O/c1-14-6-10-25-13-15(22-17(25)11-14)12-21-19(26)23-16-5-4-7-20-18(16)24-8-2-3-9-24/h4-7,10-11,13H,2-3,8-9,12H2,1H3,(H2,21,23,26). The van der Waals surface area contributed by atoms with Gasteiger partial charge in [-0.1, -0.05) is 0 Å². The molecule has 3 aromatic heterocycles. The number of anilines is 2. The van der Waals surface area contributed by atoms with Gasteiger partial charge in [0.15, 0.2) is 5.82 Å². The van der Waals surface area contributed by atoms with Crippen LogP contribution in [0.1, 0.15) is 24.1 Å². The number of imidazole rings is 1. The Labute approximate surface area is 152 Å². The van der Waals surface area contributed by atoms with Gasteiger partial charge in [0.2, 0.25) is 0 Å². The zero-order valence-electron chi connectivity index (χ0n) is 14.8. The first-order chi connectivity index (χ1) is 12.7. The van der Waals surface area contributed by atoms with Gasteiger partial charge in [0.05, 0.1) is 17.9 Å². The molecule has 0 bridgehead atoms. The first-order valence-electron chi connectivity index (χ1n) is 8.88. The van der Waals surface area contributed by atoms with E-state index >= 15 is 0 Å². The summed E-state index contributed by atoms with van der Waals surface area (Å²) in [6.07, 6.45) is 7.98. The summed E-state index contributed by atoms with van der Waals surface area (Å²) < 4.78 is 1.95. The van der Waals surface area contributed by atoms with Crippen molar-refractivity contribution in [1.29, 1.82) is 0 Å². The van der Waals surface area contributed by atoms with Crippen LogP contribution in [0.15, 0.2) is 42.9 Å². The normalized spacial score (nSPS) is 14.0. The van der Waals surface area contributed by atoms with Crippen LogP contribution in [0.5, 0.6) is 0 Å². The van der Waals surface area contributed by atoms with E-state index < -0.39 is 0 Å². The molecule has 1 aliphatic rings. The maximum absolute atomic E-state index is 12.3. The molecule has 0 aliphatic carbocycles. The number of hydrogen-bond donors (Lipinski definition) is 2. The molecule has 4 rings (SSSR count).